The average Bonchev–Trinajstić information content (AvgIpc) is 2.41. The number of rotatable bonds is 3. The van der Waals surface area contributed by atoms with Crippen molar-refractivity contribution in [2.45, 2.75) is 4.90 Å². The van der Waals surface area contributed by atoms with Gasteiger partial charge in [-0.3, -0.25) is 4.72 Å². The van der Waals surface area contributed by atoms with E-state index < -0.39 is 10.0 Å². The molecule has 2 rings (SSSR count). The fraction of sp³-hybridized carbons (Fsp3) is 0. The molecule has 0 aliphatic heterocycles. The molecule has 0 saturated carbocycles. The largest absolute Gasteiger partial charge is 0.278 e. The minimum Gasteiger partial charge on any atom is -0.278 e. The molecule has 1 N–H and O–H groups in total. The van der Waals surface area contributed by atoms with Crippen LogP contribution in [0.5, 0.6) is 0 Å². The van der Waals surface area contributed by atoms with Crippen molar-refractivity contribution in [3.63, 3.8) is 0 Å². The first kappa shape index (κ1) is 14.9. The van der Waals surface area contributed by atoms with Crippen LogP contribution in [0.2, 0.25) is 5.02 Å². The number of sulfonamides is 1. The summed E-state index contributed by atoms with van der Waals surface area (Å²) in [5.74, 6) is 0. The summed E-state index contributed by atoms with van der Waals surface area (Å²) in [6.07, 6.45) is 0. The molecule has 2 aromatic carbocycles. The van der Waals surface area contributed by atoms with E-state index in [0.29, 0.717) is 5.56 Å². The van der Waals surface area contributed by atoms with Crippen molar-refractivity contribution in [3.8, 4) is 6.07 Å². The van der Waals surface area contributed by atoms with Crippen LogP contribution >= 0.6 is 27.5 Å². The number of hydrogen-bond acceptors (Lipinski definition) is 3. The van der Waals surface area contributed by atoms with Crippen LogP contribution < -0.4 is 4.72 Å². The zero-order valence-corrected chi connectivity index (χ0v) is 13.1. The lowest BCUT2D eigenvalue weighted by molar-refractivity contribution is 0.601. The molecule has 0 spiro atoms. The van der Waals surface area contributed by atoms with Gasteiger partial charge in [0, 0.05) is 4.47 Å². The van der Waals surface area contributed by atoms with Crippen molar-refractivity contribution in [3.05, 3.63) is 57.5 Å². The molecule has 0 saturated heterocycles. The lowest BCUT2D eigenvalue weighted by atomic mass is 10.2. The summed E-state index contributed by atoms with van der Waals surface area (Å²) in [5, 5.41) is 9.05. The second-order valence-electron chi connectivity index (χ2n) is 3.87. The number of halogens is 2. The van der Waals surface area contributed by atoms with Gasteiger partial charge in [-0.25, -0.2) is 8.42 Å². The van der Waals surface area contributed by atoms with E-state index in [0.717, 1.165) is 4.47 Å². The standard InChI is InChI=1S/C13H8BrClN2O2S/c14-10-2-4-11(5-3-10)20(18,19)17-13-7-9(8-16)1-6-12(13)15/h1-7,17H. The molecule has 2 aromatic rings. The highest BCUT2D eigenvalue weighted by atomic mass is 79.9. The van der Waals surface area contributed by atoms with Crippen molar-refractivity contribution >= 4 is 43.2 Å². The van der Waals surface area contributed by atoms with E-state index in [-0.39, 0.29) is 15.6 Å². The maximum atomic E-state index is 12.2. The third-order valence-electron chi connectivity index (χ3n) is 2.46. The van der Waals surface area contributed by atoms with Crippen molar-refractivity contribution < 1.29 is 8.42 Å². The van der Waals surface area contributed by atoms with Crippen molar-refractivity contribution in [2.75, 3.05) is 4.72 Å². The van der Waals surface area contributed by atoms with E-state index in [2.05, 4.69) is 20.7 Å². The second kappa shape index (κ2) is 5.83. The number of nitrogens with one attached hydrogen (secondary N) is 1. The zero-order valence-electron chi connectivity index (χ0n) is 9.97. The lowest BCUT2D eigenvalue weighted by Gasteiger charge is -2.10. The fourth-order valence-electron chi connectivity index (χ4n) is 1.49. The van der Waals surface area contributed by atoms with Crippen LogP contribution in [0.1, 0.15) is 5.56 Å². The van der Waals surface area contributed by atoms with Gasteiger partial charge in [0.1, 0.15) is 0 Å². The van der Waals surface area contributed by atoms with Gasteiger partial charge in [-0.15, -0.1) is 0 Å². The number of anilines is 1. The first-order valence-corrected chi connectivity index (χ1v) is 8.06. The normalized spacial score (nSPS) is 10.8. The first-order valence-electron chi connectivity index (χ1n) is 5.40. The molecule has 0 radical (unpaired) electrons. The Balaban J connectivity index is 2.38. The predicted molar refractivity (Wildman–Crippen MR) is 81.1 cm³/mol. The van der Waals surface area contributed by atoms with E-state index >= 15 is 0 Å². The average molecular weight is 372 g/mol. The van der Waals surface area contributed by atoms with Gasteiger partial charge in [-0.2, -0.15) is 5.26 Å². The van der Waals surface area contributed by atoms with Crippen molar-refractivity contribution in [1.82, 2.24) is 0 Å². The quantitative estimate of drug-likeness (QED) is 0.892. The molecule has 0 bridgehead atoms. The minimum absolute atomic E-state index is 0.110. The van der Waals surface area contributed by atoms with E-state index in [1.165, 1.54) is 30.3 Å². The number of benzene rings is 2. The maximum Gasteiger partial charge on any atom is 0.261 e. The summed E-state index contributed by atoms with van der Waals surface area (Å²) < 4.78 is 27.5. The van der Waals surface area contributed by atoms with Crippen LogP contribution in [-0.4, -0.2) is 8.42 Å². The Morgan fingerprint density at radius 1 is 1.15 bits per heavy atom. The Morgan fingerprint density at radius 2 is 1.80 bits per heavy atom. The topological polar surface area (TPSA) is 70.0 Å². The summed E-state index contributed by atoms with van der Waals surface area (Å²) >= 11 is 9.17. The minimum atomic E-state index is -3.74. The highest BCUT2D eigenvalue weighted by Crippen LogP contribution is 2.26. The highest BCUT2D eigenvalue weighted by molar-refractivity contribution is 9.10. The van der Waals surface area contributed by atoms with Crippen LogP contribution in [0.4, 0.5) is 5.69 Å². The summed E-state index contributed by atoms with van der Waals surface area (Å²) in [4.78, 5) is 0.110. The molecule has 0 atom stereocenters. The summed E-state index contributed by atoms with van der Waals surface area (Å²) in [5.41, 5.74) is 0.497. The number of nitriles is 1. The van der Waals surface area contributed by atoms with Crippen molar-refractivity contribution in [1.29, 1.82) is 5.26 Å². The van der Waals surface area contributed by atoms with Gasteiger partial charge in [0.15, 0.2) is 0 Å². The molecule has 0 fully saturated rings. The van der Waals surface area contributed by atoms with Crippen LogP contribution in [0.3, 0.4) is 0 Å². The van der Waals surface area contributed by atoms with Crippen LogP contribution in [-0.2, 0) is 10.0 Å². The smallest absolute Gasteiger partial charge is 0.261 e. The van der Waals surface area contributed by atoms with E-state index in [1.807, 2.05) is 6.07 Å². The van der Waals surface area contributed by atoms with Gasteiger partial charge < -0.3 is 0 Å². The zero-order chi connectivity index (χ0) is 14.8. The van der Waals surface area contributed by atoms with Gasteiger partial charge in [0.2, 0.25) is 0 Å². The molecule has 0 aromatic heterocycles. The van der Waals surface area contributed by atoms with Gasteiger partial charge in [-0.05, 0) is 42.5 Å². The molecule has 0 unspecified atom stereocenters. The summed E-state index contributed by atoms with van der Waals surface area (Å²) in [7, 11) is -3.74. The maximum absolute atomic E-state index is 12.2. The number of hydrogen-bond donors (Lipinski definition) is 1. The van der Waals surface area contributed by atoms with Gasteiger partial charge in [-0.1, -0.05) is 27.5 Å². The predicted octanol–water partition coefficient (Wildman–Crippen LogP) is 3.77. The molecule has 7 heteroatoms. The molecular weight excluding hydrogens is 364 g/mol. The molecule has 0 amide bonds. The Kier molecular flexibility index (Phi) is 4.33. The molecule has 0 aliphatic carbocycles. The van der Waals surface area contributed by atoms with E-state index in [9.17, 15) is 8.42 Å². The molecule has 20 heavy (non-hydrogen) atoms. The van der Waals surface area contributed by atoms with Crippen LogP contribution in [0, 0.1) is 11.3 Å². The monoisotopic (exact) mass is 370 g/mol. The Bertz CT molecular complexity index is 783. The Hall–Kier alpha value is -1.55. The van der Waals surface area contributed by atoms with Gasteiger partial charge in [0.05, 0.1) is 27.2 Å². The lowest BCUT2D eigenvalue weighted by Crippen LogP contribution is -2.13. The highest BCUT2D eigenvalue weighted by Gasteiger charge is 2.15. The molecule has 102 valence electrons. The third-order valence-corrected chi connectivity index (χ3v) is 4.70. The number of nitrogens with zero attached hydrogens (tertiary/aromatic N) is 1. The second-order valence-corrected chi connectivity index (χ2v) is 6.87. The van der Waals surface area contributed by atoms with Crippen LogP contribution in [0.15, 0.2) is 51.8 Å². The Morgan fingerprint density at radius 3 is 2.40 bits per heavy atom. The fourth-order valence-corrected chi connectivity index (χ4v) is 3.05. The molecule has 0 aliphatic rings. The Labute approximate surface area is 130 Å². The van der Waals surface area contributed by atoms with E-state index in [4.69, 9.17) is 16.9 Å². The summed E-state index contributed by atoms with van der Waals surface area (Å²) in [6, 6.07) is 12.5. The third kappa shape index (κ3) is 3.31. The molecule has 0 heterocycles. The summed E-state index contributed by atoms with van der Waals surface area (Å²) in [6.45, 7) is 0. The first-order chi connectivity index (χ1) is 9.42. The molecule has 4 nitrogen and oxygen atoms in total. The van der Waals surface area contributed by atoms with Crippen molar-refractivity contribution in [2.24, 2.45) is 0 Å². The van der Waals surface area contributed by atoms with E-state index in [1.54, 1.807) is 12.1 Å². The molecular formula is C13H8BrClN2O2S. The van der Waals surface area contributed by atoms with Gasteiger partial charge >= 0.3 is 0 Å². The van der Waals surface area contributed by atoms with Crippen LogP contribution in [0.25, 0.3) is 0 Å². The van der Waals surface area contributed by atoms with Gasteiger partial charge in [0.25, 0.3) is 10.0 Å². The SMILES string of the molecule is N#Cc1ccc(Cl)c(NS(=O)(=O)c2ccc(Br)cc2)c1.